The van der Waals surface area contributed by atoms with Crippen LogP contribution < -0.4 is 5.32 Å². The number of nitrogens with zero attached hydrogens (tertiary/aromatic N) is 1. The topological polar surface area (TPSA) is 58.6 Å². The average Bonchev–Trinajstić information content (AvgIpc) is 3.17. The summed E-state index contributed by atoms with van der Waals surface area (Å²) in [4.78, 5) is 0. The van der Waals surface area contributed by atoms with Gasteiger partial charge in [0.1, 0.15) is 0 Å². The summed E-state index contributed by atoms with van der Waals surface area (Å²) in [6.45, 7) is 3.26. The van der Waals surface area contributed by atoms with Gasteiger partial charge in [-0.3, -0.25) is 0 Å². The van der Waals surface area contributed by atoms with Crippen LogP contribution in [-0.4, -0.2) is 57.4 Å². The van der Waals surface area contributed by atoms with Gasteiger partial charge in [0.2, 0.25) is 10.0 Å². The lowest BCUT2D eigenvalue weighted by molar-refractivity contribution is 0.146. The van der Waals surface area contributed by atoms with Crippen molar-refractivity contribution in [1.82, 2.24) is 9.62 Å². The smallest absolute Gasteiger partial charge is 0.217 e. The molecule has 0 aromatic rings. The summed E-state index contributed by atoms with van der Waals surface area (Å²) in [6.07, 6.45) is 4.82. The van der Waals surface area contributed by atoms with Crippen LogP contribution >= 0.6 is 0 Å². The highest BCUT2D eigenvalue weighted by Gasteiger charge is 2.52. The molecule has 1 atom stereocenters. The molecule has 19 heavy (non-hydrogen) atoms. The van der Waals surface area contributed by atoms with Gasteiger partial charge in [0.25, 0.3) is 0 Å². The molecule has 1 aliphatic carbocycles. The van der Waals surface area contributed by atoms with Crippen LogP contribution in [0.4, 0.5) is 0 Å². The summed E-state index contributed by atoms with van der Waals surface area (Å²) in [6, 6.07) is 0.0497. The van der Waals surface area contributed by atoms with Gasteiger partial charge in [-0.15, -0.1) is 0 Å². The monoisotopic (exact) mass is 288 g/mol. The zero-order valence-corrected chi connectivity index (χ0v) is 12.4. The molecule has 1 saturated carbocycles. The van der Waals surface area contributed by atoms with E-state index in [1.165, 1.54) is 0 Å². The maximum atomic E-state index is 12.6. The molecule has 6 heteroatoms. The van der Waals surface area contributed by atoms with Crippen LogP contribution in [0.1, 0.15) is 32.1 Å². The van der Waals surface area contributed by atoms with Crippen molar-refractivity contribution < 1.29 is 13.2 Å². The molecule has 0 aromatic carbocycles. The number of piperidine rings is 1. The first-order chi connectivity index (χ1) is 9.07. The van der Waals surface area contributed by atoms with Crippen LogP contribution in [0, 0.1) is 5.41 Å². The van der Waals surface area contributed by atoms with E-state index in [4.69, 9.17) is 4.74 Å². The van der Waals surface area contributed by atoms with E-state index in [1.54, 1.807) is 11.4 Å². The Bertz CT molecular complexity index is 427. The number of rotatable bonds is 4. The molecule has 3 fully saturated rings. The van der Waals surface area contributed by atoms with Gasteiger partial charge in [-0.1, -0.05) is 0 Å². The third-order valence-corrected chi connectivity index (χ3v) is 7.26. The van der Waals surface area contributed by atoms with Crippen LogP contribution in [-0.2, 0) is 14.8 Å². The number of nitrogens with one attached hydrogen (secondary N) is 1. The molecule has 110 valence electrons. The summed E-state index contributed by atoms with van der Waals surface area (Å²) < 4.78 is 32.2. The zero-order valence-electron chi connectivity index (χ0n) is 11.6. The fraction of sp³-hybridized carbons (Fsp3) is 1.00. The first-order valence-electron chi connectivity index (χ1n) is 7.28. The summed E-state index contributed by atoms with van der Waals surface area (Å²) in [5.41, 5.74) is 0.191. The minimum absolute atomic E-state index is 0.0497. The molecule has 2 aliphatic heterocycles. The van der Waals surface area contributed by atoms with E-state index < -0.39 is 10.0 Å². The normalized spacial score (nSPS) is 31.9. The summed E-state index contributed by atoms with van der Waals surface area (Å²) in [7, 11) is -1.42. The highest BCUT2D eigenvalue weighted by Crippen LogP contribution is 2.45. The molecular weight excluding hydrogens is 264 g/mol. The van der Waals surface area contributed by atoms with E-state index in [1.807, 2.05) is 0 Å². The molecular formula is C13H24N2O3S. The summed E-state index contributed by atoms with van der Waals surface area (Å²) in [5.74, 6) is 0. The van der Waals surface area contributed by atoms with Crippen molar-refractivity contribution in [2.75, 3.05) is 33.4 Å². The van der Waals surface area contributed by atoms with Gasteiger partial charge in [0, 0.05) is 19.7 Å². The van der Waals surface area contributed by atoms with Crippen molar-refractivity contribution in [3.05, 3.63) is 0 Å². The van der Waals surface area contributed by atoms with Gasteiger partial charge in [-0.05, 0) is 50.6 Å². The molecule has 1 unspecified atom stereocenters. The predicted octanol–water partition coefficient (Wildman–Crippen LogP) is 0.569. The number of hydrogen-bond acceptors (Lipinski definition) is 4. The van der Waals surface area contributed by atoms with Crippen LogP contribution in [0.3, 0.4) is 0 Å². The average molecular weight is 288 g/mol. The summed E-state index contributed by atoms with van der Waals surface area (Å²) >= 11 is 0. The summed E-state index contributed by atoms with van der Waals surface area (Å²) in [5, 5.41) is 3.26. The standard InChI is InChI=1S/C13H24N2O3S/c1-18-9-11-8-13(4-6-14-7-5-13)10-15(11)19(16,17)12-2-3-12/h11-12,14H,2-10H2,1H3. The highest BCUT2D eigenvalue weighted by atomic mass is 32.2. The predicted molar refractivity (Wildman–Crippen MR) is 73.5 cm³/mol. The van der Waals surface area contributed by atoms with Crippen molar-refractivity contribution in [1.29, 1.82) is 0 Å². The quantitative estimate of drug-likeness (QED) is 0.821. The first-order valence-corrected chi connectivity index (χ1v) is 8.78. The van der Waals surface area contributed by atoms with Crippen molar-refractivity contribution >= 4 is 10.0 Å². The lowest BCUT2D eigenvalue weighted by atomic mass is 9.77. The van der Waals surface area contributed by atoms with Gasteiger partial charge in [-0.2, -0.15) is 4.31 Å². The van der Waals surface area contributed by atoms with E-state index in [0.29, 0.717) is 13.2 Å². The lowest BCUT2D eigenvalue weighted by Crippen LogP contribution is -2.42. The third kappa shape index (κ3) is 2.55. The SMILES string of the molecule is COCC1CC2(CCNCC2)CN1S(=O)(=O)C1CC1. The van der Waals surface area contributed by atoms with Crippen LogP contribution in [0.25, 0.3) is 0 Å². The highest BCUT2D eigenvalue weighted by molar-refractivity contribution is 7.90. The fourth-order valence-corrected chi connectivity index (χ4v) is 5.75. The van der Waals surface area contributed by atoms with E-state index in [-0.39, 0.29) is 16.7 Å². The molecule has 0 radical (unpaired) electrons. The Balaban J connectivity index is 1.81. The zero-order chi connectivity index (χ0) is 13.5. The second-order valence-electron chi connectivity index (χ2n) is 6.35. The van der Waals surface area contributed by atoms with Gasteiger partial charge in [0.15, 0.2) is 0 Å². The Hall–Kier alpha value is -0.170. The maximum Gasteiger partial charge on any atom is 0.217 e. The molecule has 5 nitrogen and oxygen atoms in total. The fourth-order valence-electron chi connectivity index (χ4n) is 3.63. The molecule has 2 heterocycles. The molecule has 1 N–H and O–H groups in total. The third-order valence-electron chi connectivity index (χ3n) is 4.86. The van der Waals surface area contributed by atoms with Crippen molar-refractivity contribution in [3.63, 3.8) is 0 Å². The Labute approximate surface area is 115 Å². The van der Waals surface area contributed by atoms with Crippen molar-refractivity contribution in [2.24, 2.45) is 5.41 Å². The minimum atomic E-state index is -3.08. The molecule has 1 spiro atoms. The number of ether oxygens (including phenoxy) is 1. The molecule has 0 aromatic heterocycles. The maximum absolute atomic E-state index is 12.6. The second-order valence-corrected chi connectivity index (χ2v) is 8.52. The molecule has 2 saturated heterocycles. The van der Waals surface area contributed by atoms with Gasteiger partial charge in [0.05, 0.1) is 11.9 Å². The molecule has 3 rings (SSSR count). The lowest BCUT2D eigenvalue weighted by Gasteiger charge is -2.33. The van der Waals surface area contributed by atoms with Crippen LogP contribution in [0.5, 0.6) is 0 Å². The van der Waals surface area contributed by atoms with Crippen molar-refractivity contribution in [2.45, 2.75) is 43.4 Å². The second kappa shape index (κ2) is 4.98. The Kier molecular flexibility index (Phi) is 3.62. The Morgan fingerprint density at radius 2 is 2.00 bits per heavy atom. The van der Waals surface area contributed by atoms with Crippen molar-refractivity contribution in [3.8, 4) is 0 Å². The van der Waals surface area contributed by atoms with Gasteiger partial charge < -0.3 is 10.1 Å². The van der Waals surface area contributed by atoms with E-state index in [2.05, 4.69) is 5.32 Å². The van der Waals surface area contributed by atoms with E-state index >= 15 is 0 Å². The van der Waals surface area contributed by atoms with E-state index in [0.717, 1.165) is 45.2 Å². The largest absolute Gasteiger partial charge is 0.383 e. The van der Waals surface area contributed by atoms with Crippen LogP contribution in [0.15, 0.2) is 0 Å². The molecule has 3 aliphatic rings. The number of methoxy groups -OCH3 is 1. The Morgan fingerprint density at radius 3 is 2.58 bits per heavy atom. The Morgan fingerprint density at radius 1 is 1.32 bits per heavy atom. The number of sulfonamides is 1. The molecule has 0 bridgehead atoms. The van der Waals surface area contributed by atoms with Gasteiger partial charge >= 0.3 is 0 Å². The minimum Gasteiger partial charge on any atom is -0.383 e. The van der Waals surface area contributed by atoms with Crippen LogP contribution in [0.2, 0.25) is 0 Å². The van der Waals surface area contributed by atoms with E-state index in [9.17, 15) is 8.42 Å². The first kappa shape index (κ1) is 13.8. The molecule has 0 amide bonds. The number of hydrogen-bond donors (Lipinski definition) is 1. The van der Waals surface area contributed by atoms with Gasteiger partial charge in [-0.25, -0.2) is 8.42 Å².